The summed E-state index contributed by atoms with van der Waals surface area (Å²) in [5, 5.41) is 3.05. The minimum Gasteiger partial charge on any atom is -0.343 e. The fourth-order valence-corrected chi connectivity index (χ4v) is 5.42. The molecule has 130 valence electrons. The van der Waals surface area contributed by atoms with Crippen molar-refractivity contribution >= 4 is 11.8 Å². The number of hydrogen-bond donors (Lipinski definition) is 2. The van der Waals surface area contributed by atoms with Crippen LogP contribution in [0.3, 0.4) is 0 Å². The number of nitrogens with one attached hydrogen (secondary N) is 2. The lowest BCUT2D eigenvalue weighted by Crippen LogP contribution is -2.58. The molecule has 0 aromatic heterocycles. The molecule has 0 spiro atoms. The van der Waals surface area contributed by atoms with Crippen molar-refractivity contribution < 1.29 is 14.4 Å². The molecule has 4 aliphatic rings. The molecule has 4 aliphatic carbocycles. The van der Waals surface area contributed by atoms with Crippen LogP contribution in [0.1, 0.15) is 59.3 Å². The fourth-order valence-electron chi connectivity index (χ4n) is 5.42. The van der Waals surface area contributed by atoms with Gasteiger partial charge in [0.25, 0.3) is 5.91 Å². The predicted molar refractivity (Wildman–Crippen MR) is 87.1 cm³/mol. The molecule has 2 amide bonds. The summed E-state index contributed by atoms with van der Waals surface area (Å²) in [5.41, 5.74) is 2.22. The van der Waals surface area contributed by atoms with Gasteiger partial charge < -0.3 is 5.32 Å². The van der Waals surface area contributed by atoms with E-state index in [4.69, 9.17) is 4.84 Å². The third-order valence-corrected chi connectivity index (χ3v) is 6.07. The van der Waals surface area contributed by atoms with Gasteiger partial charge in [0.2, 0.25) is 5.91 Å². The van der Waals surface area contributed by atoms with Crippen LogP contribution in [0.5, 0.6) is 0 Å². The molecule has 0 unspecified atom stereocenters. The highest BCUT2D eigenvalue weighted by molar-refractivity contribution is 5.90. The molecule has 4 bridgehead atoms. The third kappa shape index (κ3) is 3.25. The lowest BCUT2D eigenvalue weighted by molar-refractivity contribution is -0.151. The van der Waals surface area contributed by atoms with E-state index >= 15 is 0 Å². The largest absolute Gasteiger partial charge is 0.343 e. The van der Waals surface area contributed by atoms with Gasteiger partial charge in [-0.25, -0.2) is 5.48 Å². The second-order valence-electron chi connectivity index (χ2n) is 8.29. The molecule has 4 saturated carbocycles. The standard InChI is InChI=1S/C18H30N2O3/c1-4-23-20-16(21)15(11(2)3)19-17(22)18-8-12-5-13(9-18)7-14(6-12)10-18/h11-15H,4-10H2,1-3H3,(H,19,22)(H,20,21)/t12?,13?,14?,15-,18?/m1/s1. The third-order valence-electron chi connectivity index (χ3n) is 6.07. The van der Waals surface area contributed by atoms with Gasteiger partial charge in [-0.05, 0) is 69.1 Å². The molecule has 0 aromatic carbocycles. The smallest absolute Gasteiger partial charge is 0.266 e. The summed E-state index contributed by atoms with van der Waals surface area (Å²) in [5.74, 6) is 2.06. The van der Waals surface area contributed by atoms with E-state index in [1.54, 1.807) is 0 Å². The molecular formula is C18H30N2O3. The first-order chi connectivity index (χ1) is 10.9. The van der Waals surface area contributed by atoms with Crippen LogP contribution in [-0.2, 0) is 14.4 Å². The van der Waals surface area contributed by atoms with E-state index in [1.165, 1.54) is 19.3 Å². The summed E-state index contributed by atoms with van der Waals surface area (Å²) in [6, 6.07) is -0.526. The van der Waals surface area contributed by atoms with E-state index in [-0.39, 0.29) is 23.1 Å². The first kappa shape index (κ1) is 16.7. The first-order valence-electron chi connectivity index (χ1n) is 9.16. The van der Waals surface area contributed by atoms with Crippen molar-refractivity contribution in [2.75, 3.05) is 6.61 Å². The minimum absolute atomic E-state index is 0.0355. The Morgan fingerprint density at radius 2 is 1.61 bits per heavy atom. The molecule has 1 atom stereocenters. The minimum atomic E-state index is -0.526. The van der Waals surface area contributed by atoms with Crippen LogP contribution in [0.2, 0.25) is 0 Å². The van der Waals surface area contributed by atoms with E-state index in [0.717, 1.165) is 37.0 Å². The monoisotopic (exact) mass is 322 g/mol. The molecule has 0 heterocycles. The summed E-state index contributed by atoms with van der Waals surface area (Å²) in [7, 11) is 0. The molecular weight excluding hydrogens is 292 g/mol. The summed E-state index contributed by atoms with van der Waals surface area (Å²) < 4.78 is 0. The van der Waals surface area contributed by atoms with Crippen molar-refractivity contribution in [3.05, 3.63) is 0 Å². The lowest BCUT2D eigenvalue weighted by atomic mass is 9.49. The molecule has 23 heavy (non-hydrogen) atoms. The maximum atomic E-state index is 13.1. The Bertz CT molecular complexity index is 440. The summed E-state index contributed by atoms with van der Waals surface area (Å²) in [6.07, 6.45) is 6.98. The molecule has 5 heteroatoms. The number of hydrogen-bond acceptors (Lipinski definition) is 3. The Balaban J connectivity index is 1.68. The zero-order valence-electron chi connectivity index (χ0n) is 14.6. The lowest BCUT2D eigenvalue weighted by Gasteiger charge is -2.55. The number of hydroxylamine groups is 1. The Morgan fingerprint density at radius 3 is 2.04 bits per heavy atom. The van der Waals surface area contributed by atoms with Gasteiger partial charge in [-0.2, -0.15) is 0 Å². The van der Waals surface area contributed by atoms with Crippen molar-refractivity contribution in [1.82, 2.24) is 10.8 Å². The zero-order valence-corrected chi connectivity index (χ0v) is 14.6. The molecule has 5 nitrogen and oxygen atoms in total. The van der Waals surface area contributed by atoms with Gasteiger partial charge in [-0.15, -0.1) is 0 Å². The highest BCUT2D eigenvalue weighted by Gasteiger charge is 2.55. The highest BCUT2D eigenvalue weighted by Crippen LogP contribution is 2.60. The number of carbonyl (C=O) groups is 2. The van der Waals surface area contributed by atoms with Crippen LogP contribution in [0.15, 0.2) is 0 Å². The van der Waals surface area contributed by atoms with Gasteiger partial charge >= 0.3 is 0 Å². The molecule has 0 aliphatic heterocycles. The normalized spacial score (nSPS) is 36.1. The van der Waals surface area contributed by atoms with Gasteiger partial charge in [0.1, 0.15) is 6.04 Å². The molecule has 4 fully saturated rings. The van der Waals surface area contributed by atoms with Crippen LogP contribution in [-0.4, -0.2) is 24.5 Å². The molecule has 0 aromatic rings. The van der Waals surface area contributed by atoms with E-state index in [2.05, 4.69) is 10.8 Å². The van der Waals surface area contributed by atoms with Crippen LogP contribution >= 0.6 is 0 Å². The summed E-state index contributed by atoms with van der Waals surface area (Å²) >= 11 is 0. The second-order valence-corrected chi connectivity index (χ2v) is 8.29. The average Bonchev–Trinajstić information content (AvgIpc) is 2.48. The maximum Gasteiger partial charge on any atom is 0.266 e. The van der Waals surface area contributed by atoms with Gasteiger partial charge in [0.05, 0.1) is 6.61 Å². The predicted octanol–water partition coefficient (Wildman–Crippen LogP) is 2.41. The quantitative estimate of drug-likeness (QED) is 0.738. The highest BCUT2D eigenvalue weighted by atomic mass is 16.6. The van der Waals surface area contributed by atoms with E-state index < -0.39 is 6.04 Å². The topological polar surface area (TPSA) is 67.4 Å². The second kappa shape index (κ2) is 6.42. The SMILES string of the molecule is CCONC(=O)[C@H](NC(=O)C12CC3CC(CC(C3)C1)C2)C(C)C. The summed E-state index contributed by atoms with van der Waals surface area (Å²) in [4.78, 5) is 30.3. The number of rotatable bonds is 6. The molecule has 0 radical (unpaired) electrons. The van der Waals surface area contributed by atoms with Crippen LogP contribution < -0.4 is 10.8 Å². The molecule has 4 rings (SSSR count). The number of carbonyl (C=O) groups excluding carboxylic acids is 2. The Labute approximate surface area is 138 Å². The fraction of sp³-hybridized carbons (Fsp3) is 0.889. The molecule has 0 saturated heterocycles. The van der Waals surface area contributed by atoms with Crippen molar-refractivity contribution in [2.45, 2.75) is 65.3 Å². The Kier molecular flexibility index (Phi) is 4.68. The first-order valence-corrected chi connectivity index (χ1v) is 9.16. The van der Waals surface area contributed by atoms with Crippen molar-refractivity contribution in [1.29, 1.82) is 0 Å². The van der Waals surface area contributed by atoms with Crippen molar-refractivity contribution in [3.8, 4) is 0 Å². The van der Waals surface area contributed by atoms with Gasteiger partial charge in [-0.3, -0.25) is 14.4 Å². The molecule has 2 N–H and O–H groups in total. The Morgan fingerprint density at radius 1 is 1.09 bits per heavy atom. The van der Waals surface area contributed by atoms with E-state index in [0.29, 0.717) is 6.61 Å². The average molecular weight is 322 g/mol. The van der Waals surface area contributed by atoms with Gasteiger partial charge in [-0.1, -0.05) is 13.8 Å². The Hall–Kier alpha value is -1.10. The van der Waals surface area contributed by atoms with E-state index in [1.807, 2.05) is 20.8 Å². The number of amides is 2. The van der Waals surface area contributed by atoms with Crippen molar-refractivity contribution in [3.63, 3.8) is 0 Å². The zero-order chi connectivity index (χ0) is 16.6. The van der Waals surface area contributed by atoms with Gasteiger partial charge in [0.15, 0.2) is 0 Å². The maximum absolute atomic E-state index is 13.1. The van der Waals surface area contributed by atoms with Gasteiger partial charge in [0, 0.05) is 5.41 Å². The van der Waals surface area contributed by atoms with E-state index in [9.17, 15) is 9.59 Å². The van der Waals surface area contributed by atoms with Crippen LogP contribution in [0.4, 0.5) is 0 Å². The van der Waals surface area contributed by atoms with Crippen molar-refractivity contribution in [2.24, 2.45) is 29.1 Å². The van der Waals surface area contributed by atoms with Crippen LogP contribution in [0, 0.1) is 29.1 Å². The van der Waals surface area contributed by atoms with Crippen LogP contribution in [0.25, 0.3) is 0 Å². The summed E-state index contributed by atoms with van der Waals surface area (Å²) in [6.45, 7) is 6.14.